The van der Waals surface area contributed by atoms with Gasteiger partial charge < -0.3 is 61.6 Å². The van der Waals surface area contributed by atoms with Crippen LogP contribution in [-0.4, -0.2) is 171 Å². The van der Waals surface area contributed by atoms with E-state index in [2.05, 4.69) is 13.8 Å². The van der Waals surface area contributed by atoms with E-state index >= 15 is 0 Å². The summed E-state index contributed by atoms with van der Waals surface area (Å²) < 4.78 is 70.8. The number of rotatable bonds is 54. The summed E-state index contributed by atoms with van der Waals surface area (Å²) in [6.45, 7) is 15.4. The minimum atomic E-state index is -0.143. The van der Waals surface area contributed by atoms with Crippen molar-refractivity contribution >= 4 is 11.9 Å². The highest BCUT2D eigenvalue weighted by Gasteiger charge is 2.04. The molecule has 0 N–H and O–H groups in total. The Labute approximate surface area is 370 Å². The minimum Gasteiger partial charge on any atom is -0.463 e. The highest BCUT2D eigenvalue weighted by atomic mass is 16.6. The van der Waals surface area contributed by atoms with Crippen LogP contribution in [0.4, 0.5) is 0 Å². The molecule has 61 heavy (non-hydrogen) atoms. The molecule has 0 saturated carbocycles. The Morgan fingerprint density at radius 1 is 0.230 bits per heavy atom. The molecule has 0 amide bonds. The van der Waals surface area contributed by atoms with Gasteiger partial charge in [0.1, 0.15) is 13.2 Å². The van der Waals surface area contributed by atoms with E-state index in [1.54, 1.807) is 0 Å². The predicted octanol–water partition coefficient (Wildman–Crippen LogP) is 7.32. The summed E-state index contributed by atoms with van der Waals surface area (Å²) in [7, 11) is 0. The van der Waals surface area contributed by atoms with Gasteiger partial charge in [0.05, 0.1) is 145 Å². The first-order valence-electron chi connectivity index (χ1n) is 23.9. The van der Waals surface area contributed by atoms with Gasteiger partial charge in [-0.3, -0.25) is 9.59 Å². The van der Waals surface area contributed by atoms with Crippen molar-refractivity contribution in [3.8, 4) is 0 Å². The fraction of sp³-hybridized carbons (Fsp3) is 0.957. The highest BCUT2D eigenvalue weighted by molar-refractivity contribution is 5.69. The molecule has 0 aromatic heterocycles. The Kier molecular flexibility index (Phi) is 53.3. The van der Waals surface area contributed by atoms with Gasteiger partial charge in [0.2, 0.25) is 0 Å². The number of carbonyl (C=O) groups excluding carboxylic acids is 2. The quantitative estimate of drug-likeness (QED) is 0.0443. The van der Waals surface area contributed by atoms with Crippen LogP contribution in [0, 0.1) is 0 Å². The molecule has 0 rings (SSSR count). The Morgan fingerprint density at radius 3 is 0.590 bits per heavy atom. The maximum Gasteiger partial charge on any atom is 0.305 e. The van der Waals surface area contributed by atoms with Crippen LogP contribution >= 0.6 is 0 Å². The first-order valence-corrected chi connectivity index (χ1v) is 23.9. The lowest BCUT2D eigenvalue weighted by Gasteiger charge is -2.09. The molecule has 0 fully saturated rings. The van der Waals surface area contributed by atoms with E-state index in [4.69, 9.17) is 61.6 Å². The van der Waals surface area contributed by atoms with Crippen LogP contribution in [0.25, 0.3) is 0 Å². The summed E-state index contributed by atoms with van der Waals surface area (Å²) in [6, 6.07) is 0. The van der Waals surface area contributed by atoms with Gasteiger partial charge in [-0.2, -0.15) is 0 Å². The zero-order chi connectivity index (χ0) is 44.0. The molecule has 0 aromatic carbocycles. The summed E-state index contributed by atoms with van der Waals surface area (Å²) in [5, 5.41) is 0. The van der Waals surface area contributed by atoms with Crippen molar-refractivity contribution in [1.29, 1.82) is 0 Å². The first kappa shape index (κ1) is 59.5. The average molecular weight is 883 g/mol. The molecule has 15 heteroatoms. The second kappa shape index (κ2) is 54.6. The van der Waals surface area contributed by atoms with Gasteiger partial charge in [-0.15, -0.1) is 0 Å². The SMILES string of the molecule is CCCCCCCCCCCC(=O)OCCOCCOCCOCCOCCOCCOCCOCCOCCOCCOCCOCCOC(=O)CCCCCCCCC. The van der Waals surface area contributed by atoms with Crippen molar-refractivity contribution in [3.63, 3.8) is 0 Å². The fourth-order valence-corrected chi connectivity index (χ4v) is 5.68. The van der Waals surface area contributed by atoms with Crippen molar-refractivity contribution in [1.82, 2.24) is 0 Å². The third-order valence-electron chi connectivity index (χ3n) is 9.17. The van der Waals surface area contributed by atoms with Crippen LogP contribution in [0.5, 0.6) is 0 Å². The number of hydrogen-bond acceptors (Lipinski definition) is 15. The number of ether oxygens (including phenoxy) is 13. The van der Waals surface area contributed by atoms with Crippen LogP contribution < -0.4 is 0 Å². The number of hydrogen-bond donors (Lipinski definition) is 0. The minimum absolute atomic E-state index is 0.140. The smallest absolute Gasteiger partial charge is 0.305 e. The Bertz CT molecular complexity index is 854. The van der Waals surface area contributed by atoms with E-state index in [1.165, 1.54) is 77.0 Å². The topological polar surface area (TPSA) is 154 Å². The molecule has 0 atom stereocenters. The Balaban J connectivity index is 3.14. The van der Waals surface area contributed by atoms with Crippen molar-refractivity contribution in [3.05, 3.63) is 0 Å². The number of carbonyl (C=O) groups is 2. The molecule has 0 bridgehead atoms. The lowest BCUT2D eigenvalue weighted by Crippen LogP contribution is -2.16. The molecule has 0 aliphatic heterocycles. The summed E-state index contributed by atoms with van der Waals surface area (Å²) in [5.41, 5.74) is 0. The fourth-order valence-electron chi connectivity index (χ4n) is 5.68. The summed E-state index contributed by atoms with van der Waals surface area (Å²) in [5.74, 6) is -0.283. The number of esters is 2. The van der Waals surface area contributed by atoms with Gasteiger partial charge in [0.25, 0.3) is 0 Å². The normalized spacial score (nSPS) is 11.4. The van der Waals surface area contributed by atoms with Gasteiger partial charge in [-0.05, 0) is 12.8 Å². The van der Waals surface area contributed by atoms with Crippen LogP contribution in [0.3, 0.4) is 0 Å². The van der Waals surface area contributed by atoms with E-state index in [0.29, 0.717) is 158 Å². The molecule has 0 aliphatic carbocycles. The molecule has 0 saturated heterocycles. The molecule has 0 aliphatic rings. The van der Waals surface area contributed by atoms with E-state index in [-0.39, 0.29) is 25.2 Å². The molecule has 0 spiro atoms. The molecular formula is C46H90O15. The third-order valence-corrected chi connectivity index (χ3v) is 9.17. The van der Waals surface area contributed by atoms with Crippen molar-refractivity contribution in [2.75, 3.05) is 159 Å². The molecular weight excluding hydrogens is 792 g/mol. The van der Waals surface area contributed by atoms with Gasteiger partial charge in [-0.25, -0.2) is 0 Å². The van der Waals surface area contributed by atoms with Crippen molar-refractivity contribution < 1.29 is 71.2 Å². The molecule has 0 radical (unpaired) electrons. The second-order valence-electron chi connectivity index (χ2n) is 14.6. The lowest BCUT2D eigenvalue weighted by atomic mass is 10.1. The molecule has 15 nitrogen and oxygen atoms in total. The van der Waals surface area contributed by atoms with Gasteiger partial charge in [0.15, 0.2) is 0 Å². The average Bonchev–Trinajstić information content (AvgIpc) is 3.26. The summed E-state index contributed by atoms with van der Waals surface area (Å²) in [6.07, 6.45) is 20.3. The second-order valence-corrected chi connectivity index (χ2v) is 14.6. The van der Waals surface area contributed by atoms with Crippen molar-refractivity contribution in [2.45, 2.75) is 129 Å². The zero-order valence-corrected chi connectivity index (χ0v) is 38.8. The van der Waals surface area contributed by atoms with Gasteiger partial charge in [-0.1, -0.05) is 104 Å². The highest BCUT2D eigenvalue weighted by Crippen LogP contribution is 2.11. The summed E-state index contributed by atoms with van der Waals surface area (Å²) >= 11 is 0. The van der Waals surface area contributed by atoms with E-state index in [9.17, 15) is 9.59 Å². The van der Waals surface area contributed by atoms with Crippen molar-refractivity contribution in [2.24, 2.45) is 0 Å². The molecule has 364 valence electrons. The molecule has 0 heterocycles. The largest absolute Gasteiger partial charge is 0.463 e. The number of unbranched alkanes of at least 4 members (excludes halogenated alkanes) is 14. The molecule has 0 unspecified atom stereocenters. The third kappa shape index (κ3) is 54.6. The maximum absolute atomic E-state index is 11.8. The Hall–Kier alpha value is -1.50. The van der Waals surface area contributed by atoms with Crippen LogP contribution in [0.15, 0.2) is 0 Å². The van der Waals surface area contributed by atoms with E-state index in [0.717, 1.165) is 25.7 Å². The molecule has 0 aromatic rings. The zero-order valence-electron chi connectivity index (χ0n) is 38.8. The van der Waals surface area contributed by atoms with E-state index < -0.39 is 0 Å². The van der Waals surface area contributed by atoms with Crippen LogP contribution in [0.1, 0.15) is 129 Å². The maximum atomic E-state index is 11.8. The van der Waals surface area contributed by atoms with Crippen LogP contribution in [0.2, 0.25) is 0 Å². The van der Waals surface area contributed by atoms with Crippen LogP contribution in [-0.2, 0) is 71.2 Å². The van der Waals surface area contributed by atoms with E-state index in [1.807, 2.05) is 0 Å². The van der Waals surface area contributed by atoms with Gasteiger partial charge in [0, 0.05) is 12.8 Å². The monoisotopic (exact) mass is 883 g/mol. The van der Waals surface area contributed by atoms with Gasteiger partial charge >= 0.3 is 11.9 Å². The predicted molar refractivity (Wildman–Crippen MR) is 235 cm³/mol. The standard InChI is InChI=1S/C46H90O15/c1-3-5-7-9-11-12-14-16-18-20-46(48)61-44-42-59-40-38-57-36-34-55-32-30-53-28-26-51-24-22-49-21-23-50-25-27-52-29-31-54-33-35-56-37-39-58-41-43-60-45(47)19-17-15-13-10-8-6-4-2/h3-44H2,1-2H3. The first-order chi connectivity index (χ1) is 30.2. The Morgan fingerprint density at radius 2 is 0.393 bits per heavy atom. The summed E-state index contributed by atoms with van der Waals surface area (Å²) in [4.78, 5) is 23.5. The lowest BCUT2D eigenvalue weighted by molar-refractivity contribution is -0.146.